The van der Waals surface area contributed by atoms with E-state index in [4.69, 9.17) is 16.9 Å². The number of nitriles is 1. The van der Waals surface area contributed by atoms with Gasteiger partial charge >= 0.3 is 0 Å². The second-order valence-corrected chi connectivity index (χ2v) is 4.38. The van der Waals surface area contributed by atoms with E-state index in [-0.39, 0.29) is 5.56 Å². The summed E-state index contributed by atoms with van der Waals surface area (Å²) in [7, 11) is 0. The third kappa shape index (κ3) is 1.88. The van der Waals surface area contributed by atoms with Crippen LogP contribution in [0.2, 0.25) is 5.02 Å². The summed E-state index contributed by atoms with van der Waals surface area (Å²) in [5.41, 5.74) is 1.66. The van der Waals surface area contributed by atoms with Gasteiger partial charge in [-0.25, -0.2) is 9.50 Å². The SMILES string of the molecule is N#Cc1c[nH]n2c(=O)cc(-c3ccc(Cl)cc3)nc12. The third-order valence-corrected chi connectivity index (χ3v) is 3.01. The fourth-order valence-corrected chi connectivity index (χ4v) is 1.96. The number of fused-ring (bicyclic) bond motifs is 1. The molecule has 0 fully saturated rings. The zero-order valence-corrected chi connectivity index (χ0v) is 10.3. The Morgan fingerprint density at radius 3 is 2.74 bits per heavy atom. The summed E-state index contributed by atoms with van der Waals surface area (Å²) in [4.78, 5) is 16.3. The van der Waals surface area contributed by atoms with E-state index in [1.165, 1.54) is 16.8 Å². The highest BCUT2D eigenvalue weighted by molar-refractivity contribution is 6.30. The van der Waals surface area contributed by atoms with Gasteiger partial charge in [0.1, 0.15) is 11.6 Å². The van der Waals surface area contributed by atoms with E-state index in [2.05, 4.69) is 10.1 Å². The summed E-state index contributed by atoms with van der Waals surface area (Å²) in [5.74, 6) is 0. The predicted octanol–water partition coefficient (Wildman–Crippen LogP) is 2.21. The van der Waals surface area contributed by atoms with Crippen molar-refractivity contribution in [2.24, 2.45) is 0 Å². The molecule has 2 heterocycles. The van der Waals surface area contributed by atoms with Crippen molar-refractivity contribution in [2.75, 3.05) is 0 Å². The van der Waals surface area contributed by atoms with Crippen LogP contribution in [0.25, 0.3) is 16.9 Å². The first-order valence-corrected chi connectivity index (χ1v) is 5.84. The first kappa shape index (κ1) is 11.5. The van der Waals surface area contributed by atoms with E-state index < -0.39 is 0 Å². The molecule has 0 atom stereocenters. The molecule has 0 spiro atoms. The van der Waals surface area contributed by atoms with E-state index in [0.717, 1.165) is 5.56 Å². The molecule has 0 unspecified atom stereocenters. The molecule has 3 aromatic rings. The molecular formula is C13H7ClN4O. The molecule has 3 rings (SSSR count). The number of hydrogen-bond donors (Lipinski definition) is 1. The minimum atomic E-state index is -0.267. The molecule has 0 saturated heterocycles. The van der Waals surface area contributed by atoms with Gasteiger partial charge in [-0.2, -0.15) is 5.26 Å². The van der Waals surface area contributed by atoms with Crippen molar-refractivity contribution in [3.05, 3.63) is 57.5 Å². The number of H-pyrrole nitrogens is 1. The maximum atomic E-state index is 11.9. The summed E-state index contributed by atoms with van der Waals surface area (Å²) in [5, 5.41) is 12.3. The standard InChI is InChI=1S/C13H7ClN4O/c14-10-3-1-8(2-4-10)11-5-12(19)18-13(17-11)9(6-15)7-16-18/h1-5,7,16H. The molecule has 5 nitrogen and oxygen atoms in total. The average Bonchev–Trinajstić information content (AvgIpc) is 2.83. The fraction of sp³-hybridized carbons (Fsp3) is 0. The van der Waals surface area contributed by atoms with Crippen LogP contribution in [-0.2, 0) is 0 Å². The predicted molar refractivity (Wildman–Crippen MR) is 71.0 cm³/mol. The molecule has 0 aliphatic carbocycles. The Morgan fingerprint density at radius 2 is 2.05 bits per heavy atom. The van der Waals surface area contributed by atoms with Crippen molar-refractivity contribution >= 4 is 17.2 Å². The Kier molecular flexibility index (Phi) is 2.58. The van der Waals surface area contributed by atoms with Crippen LogP contribution in [0.3, 0.4) is 0 Å². The van der Waals surface area contributed by atoms with Gasteiger partial charge in [0.15, 0.2) is 5.65 Å². The Labute approximate surface area is 112 Å². The van der Waals surface area contributed by atoms with Crippen LogP contribution in [-0.4, -0.2) is 14.6 Å². The smallest absolute Gasteiger partial charge is 0.273 e. The molecule has 0 saturated carbocycles. The van der Waals surface area contributed by atoms with Crippen LogP contribution in [0, 0.1) is 11.3 Å². The molecule has 92 valence electrons. The minimum Gasteiger partial charge on any atom is -0.295 e. The van der Waals surface area contributed by atoms with Gasteiger partial charge in [0.25, 0.3) is 5.56 Å². The van der Waals surface area contributed by atoms with Crippen molar-refractivity contribution in [2.45, 2.75) is 0 Å². The summed E-state index contributed by atoms with van der Waals surface area (Å²) in [6.45, 7) is 0. The zero-order valence-electron chi connectivity index (χ0n) is 9.59. The molecule has 19 heavy (non-hydrogen) atoms. The van der Waals surface area contributed by atoms with E-state index in [0.29, 0.717) is 21.9 Å². The fourth-order valence-electron chi connectivity index (χ4n) is 1.83. The maximum Gasteiger partial charge on any atom is 0.273 e. The van der Waals surface area contributed by atoms with Crippen LogP contribution in [0.1, 0.15) is 5.56 Å². The lowest BCUT2D eigenvalue weighted by Gasteiger charge is -2.01. The summed E-state index contributed by atoms with van der Waals surface area (Å²) < 4.78 is 1.23. The van der Waals surface area contributed by atoms with Gasteiger partial charge in [-0.15, -0.1) is 0 Å². The Hall–Kier alpha value is -2.58. The zero-order chi connectivity index (χ0) is 13.4. The molecule has 6 heteroatoms. The van der Waals surface area contributed by atoms with Gasteiger partial charge in [-0.1, -0.05) is 23.7 Å². The number of aromatic nitrogens is 3. The van der Waals surface area contributed by atoms with Crippen LogP contribution in [0.15, 0.2) is 41.3 Å². The Bertz CT molecular complexity index is 855. The molecule has 0 aliphatic rings. The van der Waals surface area contributed by atoms with Gasteiger partial charge in [0.05, 0.1) is 5.69 Å². The number of aromatic amines is 1. The topological polar surface area (TPSA) is 73.9 Å². The van der Waals surface area contributed by atoms with E-state index in [1.54, 1.807) is 24.3 Å². The highest BCUT2D eigenvalue weighted by atomic mass is 35.5. The highest BCUT2D eigenvalue weighted by Gasteiger charge is 2.09. The minimum absolute atomic E-state index is 0.267. The maximum absolute atomic E-state index is 11.9. The summed E-state index contributed by atoms with van der Waals surface area (Å²) in [6, 6.07) is 10.4. The number of hydrogen-bond acceptors (Lipinski definition) is 3. The molecule has 0 amide bonds. The van der Waals surface area contributed by atoms with Gasteiger partial charge in [0, 0.05) is 22.8 Å². The molecule has 1 N–H and O–H groups in total. The van der Waals surface area contributed by atoms with Crippen LogP contribution in [0.4, 0.5) is 0 Å². The number of halogens is 1. The quantitative estimate of drug-likeness (QED) is 0.737. The summed E-state index contributed by atoms with van der Waals surface area (Å²) in [6.07, 6.45) is 1.45. The number of rotatable bonds is 1. The first-order chi connectivity index (χ1) is 9.19. The van der Waals surface area contributed by atoms with Crippen molar-refractivity contribution in [1.82, 2.24) is 14.6 Å². The van der Waals surface area contributed by atoms with E-state index in [9.17, 15) is 4.79 Å². The van der Waals surface area contributed by atoms with Crippen molar-refractivity contribution in [3.8, 4) is 17.3 Å². The lowest BCUT2D eigenvalue weighted by Crippen LogP contribution is -2.14. The lowest BCUT2D eigenvalue weighted by molar-refractivity contribution is 0.901. The lowest BCUT2D eigenvalue weighted by atomic mass is 10.1. The highest BCUT2D eigenvalue weighted by Crippen LogP contribution is 2.19. The molecule has 0 aliphatic heterocycles. The van der Waals surface area contributed by atoms with Crippen LogP contribution in [0.5, 0.6) is 0 Å². The number of nitrogens with one attached hydrogen (secondary N) is 1. The second-order valence-electron chi connectivity index (χ2n) is 3.94. The monoisotopic (exact) mass is 270 g/mol. The molecule has 1 aromatic carbocycles. The first-order valence-electron chi connectivity index (χ1n) is 5.46. The van der Waals surface area contributed by atoms with Crippen molar-refractivity contribution < 1.29 is 0 Å². The second kappa shape index (κ2) is 4.26. The van der Waals surface area contributed by atoms with Crippen LogP contribution < -0.4 is 5.56 Å². The molecular weight excluding hydrogens is 264 g/mol. The number of nitrogens with zero attached hydrogens (tertiary/aromatic N) is 3. The normalized spacial score (nSPS) is 10.5. The molecule has 0 bridgehead atoms. The van der Waals surface area contributed by atoms with Crippen molar-refractivity contribution in [3.63, 3.8) is 0 Å². The Balaban J connectivity index is 2.28. The number of benzene rings is 1. The van der Waals surface area contributed by atoms with Crippen molar-refractivity contribution in [1.29, 1.82) is 5.26 Å². The third-order valence-electron chi connectivity index (χ3n) is 2.76. The van der Waals surface area contributed by atoms with Gasteiger partial charge in [-0.3, -0.25) is 9.89 Å². The van der Waals surface area contributed by atoms with Gasteiger partial charge in [-0.05, 0) is 12.1 Å². The largest absolute Gasteiger partial charge is 0.295 e. The van der Waals surface area contributed by atoms with Gasteiger partial charge < -0.3 is 0 Å². The Morgan fingerprint density at radius 1 is 1.32 bits per heavy atom. The van der Waals surface area contributed by atoms with E-state index in [1.807, 2.05) is 6.07 Å². The molecule has 2 aromatic heterocycles. The average molecular weight is 271 g/mol. The van der Waals surface area contributed by atoms with Gasteiger partial charge in [0.2, 0.25) is 0 Å². The van der Waals surface area contributed by atoms with Crippen LogP contribution >= 0.6 is 11.6 Å². The van der Waals surface area contributed by atoms with E-state index >= 15 is 0 Å². The molecule has 0 radical (unpaired) electrons. The summed E-state index contributed by atoms with van der Waals surface area (Å²) >= 11 is 5.82.